The van der Waals surface area contributed by atoms with Crippen molar-refractivity contribution in [3.05, 3.63) is 89.2 Å². The third-order valence-corrected chi connectivity index (χ3v) is 6.81. The van der Waals surface area contributed by atoms with Crippen molar-refractivity contribution in [1.82, 2.24) is 0 Å². The fourth-order valence-corrected chi connectivity index (χ4v) is 4.23. The van der Waals surface area contributed by atoms with Gasteiger partial charge in [0.1, 0.15) is 5.82 Å². The average Bonchev–Trinajstić information content (AvgIpc) is 2.80. The van der Waals surface area contributed by atoms with Crippen molar-refractivity contribution in [3.63, 3.8) is 0 Å². The Labute approximate surface area is 195 Å². The maximum atomic E-state index is 13.0. The quantitative estimate of drug-likeness (QED) is 0.493. The fourth-order valence-electron chi connectivity index (χ4n) is 2.81. The predicted molar refractivity (Wildman–Crippen MR) is 123 cm³/mol. The van der Waals surface area contributed by atoms with Crippen LogP contribution in [0.2, 0.25) is 5.02 Å². The van der Waals surface area contributed by atoms with E-state index in [9.17, 15) is 22.4 Å². The molecule has 0 aliphatic carbocycles. The fraction of sp³-hybridized carbons (Fsp3) is 0.130. The molecule has 3 rings (SSSR count). The van der Waals surface area contributed by atoms with E-state index < -0.39 is 33.8 Å². The molecule has 0 bridgehead atoms. The highest BCUT2D eigenvalue weighted by atomic mass is 35.5. The summed E-state index contributed by atoms with van der Waals surface area (Å²) in [7, 11) is -2.61. The molecule has 172 valence electrons. The van der Waals surface area contributed by atoms with Gasteiger partial charge in [0.2, 0.25) is 0 Å². The van der Waals surface area contributed by atoms with Crippen LogP contribution in [0.15, 0.2) is 77.7 Å². The lowest BCUT2D eigenvalue weighted by atomic mass is 10.2. The molecule has 33 heavy (non-hydrogen) atoms. The van der Waals surface area contributed by atoms with Crippen molar-refractivity contribution >= 4 is 44.9 Å². The summed E-state index contributed by atoms with van der Waals surface area (Å²) in [5.41, 5.74) is 0.544. The molecule has 1 N–H and O–H groups in total. The predicted octanol–water partition coefficient (Wildman–Crippen LogP) is 4.49. The summed E-state index contributed by atoms with van der Waals surface area (Å²) in [4.78, 5) is 24.8. The highest BCUT2D eigenvalue weighted by molar-refractivity contribution is 7.92. The maximum absolute atomic E-state index is 13.0. The van der Waals surface area contributed by atoms with Crippen LogP contribution >= 0.6 is 11.6 Å². The lowest BCUT2D eigenvalue weighted by molar-refractivity contribution is -0.123. The second-order valence-corrected chi connectivity index (χ2v) is 9.37. The van der Waals surface area contributed by atoms with E-state index in [-0.39, 0.29) is 15.5 Å². The molecule has 10 heteroatoms. The SMILES string of the molecule is CC(OC(=O)c1cc(S(=O)(=O)N(C)c2ccccc2)ccc1Cl)C(=O)Nc1ccc(F)cc1. The van der Waals surface area contributed by atoms with Gasteiger partial charge in [0.05, 0.1) is 21.2 Å². The molecule has 0 radical (unpaired) electrons. The molecule has 0 spiro atoms. The summed E-state index contributed by atoms with van der Waals surface area (Å²) in [5, 5.41) is 2.46. The Morgan fingerprint density at radius 2 is 1.67 bits per heavy atom. The number of hydrogen-bond acceptors (Lipinski definition) is 5. The highest BCUT2D eigenvalue weighted by Gasteiger charge is 2.26. The Bertz CT molecular complexity index is 1270. The minimum Gasteiger partial charge on any atom is -0.449 e. The molecular formula is C23H20ClFN2O5S. The van der Waals surface area contributed by atoms with Gasteiger partial charge in [-0.05, 0) is 61.5 Å². The number of hydrogen-bond donors (Lipinski definition) is 1. The van der Waals surface area contributed by atoms with E-state index in [1.807, 2.05) is 0 Å². The maximum Gasteiger partial charge on any atom is 0.340 e. The zero-order valence-corrected chi connectivity index (χ0v) is 19.2. The third-order valence-electron chi connectivity index (χ3n) is 4.70. The second-order valence-electron chi connectivity index (χ2n) is 6.99. The van der Waals surface area contributed by atoms with Gasteiger partial charge in [-0.25, -0.2) is 17.6 Å². The summed E-state index contributed by atoms with van der Waals surface area (Å²) in [6.45, 7) is 1.34. The first-order valence-corrected chi connectivity index (χ1v) is 11.5. The monoisotopic (exact) mass is 490 g/mol. The van der Waals surface area contributed by atoms with Gasteiger partial charge in [-0.3, -0.25) is 9.10 Å². The Morgan fingerprint density at radius 1 is 1.03 bits per heavy atom. The van der Waals surface area contributed by atoms with Crippen LogP contribution < -0.4 is 9.62 Å². The van der Waals surface area contributed by atoms with Crippen molar-refractivity contribution in [3.8, 4) is 0 Å². The smallest absolute Gasteiger partial charge is 0.340 e. The molecule has 1 atom stereocenters. The topological polar surface area (TPSA) is 92.8 Å². The van der Waals surface area contributed by atoms with E-state index >= 15 is 0 Å². The summed E-state index contributed by atoms with van der Waals surface area (Å²) in [6.07, 6.45) is -1.23. The van der Waals surface area contributed by atoms with Crippen LogP contribution in [0.3, 0.4) is 0 Å². The van der Waals surface area contributed by atoms with Gasteiger partial charge in [0.25, 0.3) is 15.9 Å². The van der Waals surface area contributed by atoms with Gasteiger partial charge in [-0.15, -0.1) is 0 Å². The van der Waals surface area contributed by atoms with Crippen molar-refractivity contribution in [2.45, 2.75) is 17.9 Å². The average molecular weight is 491 g/mol. The zero-order valence-electron chi connectivity index (χ0n) is 17.7. The van der Waals surface area contributed by atoms with Crippen LogP contribution in [0.5, 0.6) is 0 Å². The number of nitrogens with one attached hydrogen (secondary N) is 1. The first-order valence-electron chi connectivity index (χ1n) is 9.70. The van der Waals surface area contributed by atoms with Crippen molar-refractivity contribution < 1.29 is 27.1 Å². The molecule has 0 fully saturated rings. The van der Waals surface area contributed by atoms with Gasteiger partial charge in [-0.2, -0.15) is 0 Å². The van der Waals surface area contributed by atoms with E-state index in [1.165, 1.54) is 50.4 Å². The van der Waals surface area contributed by atoms with Crippen molar-refractivity contribution in [2.75, 3.05) is 16.7 Å². The molecule has 3 aromatic carbocycles. The van der Waals surface area contributed by atoms with Crippen LogP contribution in [-0.4, -0.2) is 33.4 Å². The number of esters is 1. The summed E-state index contributed by atoms with van der Waals surface area (Å²) in [5.74, 6) is -2.09. The molecule has 1 amide bonds. The lowest BCUT2D eigenvalue weighted by Crippen LogP contribution is -2.30. The summed E-state index contributed by atoms with van der Waals surface area (Å²) in [6, 6.07) is 17.1. The van der Waals surface area contributed by atoms with E-state index in [2.05, 4.69) is 5.32 Å². The van der Waals surface area contributed by atoms with E-state index in [4.69, 9.17) is 16.3 Å². The first-order chi connectivity index (χ1) is 15.6. The van der Waals surface area contributed by atoms with Crippen LogP contribution in [0, 0.1) is 5.82 Å². The van der Waals surface area contributed by atoms with E-state index in [0.717, 1.165) is 10.4 Å². The van der Waals surface area contributed by atoms with Gasteiger partial charge in [0.15, 0.2) is 6.10 Å². The van der Waals surface area contributed by atoms with E-state index in [1.54, 1.807) is 30.3 Å². The highest BCUT2D eigenvalue weighted by Crippen LogP contribution is 2.26. The molecule has 3 aromatic rings. The van der Waals surface area contributed by atoms with Gasteiger partial charge in [0, 0.05) is 12.7 Å². The molecule has 7 nitrogen and oxygen atoms in total. The molecular weight excluding hydrogens is 471 g/mol. The molecule has 0 aliphatic heterocycles. The van der Waals surface area contributed by atoms with Gasteiger partial charge < -0.3 is 10.1 Å². The van der Waals surface area contributed by atoms with Crippen LogP contribution in [0.25, 0.3) is 0 Å². The van der Waals surface area contributed by atoms with Crippen LogP contribution in [-0.2, 0) is 19.6 Å². The molecule has 0 saturated heterocycles. The first kappa shape index (κ1) is 24.2. The standard InChI is InChI=1S/C23H20ClFN2O5S/c1-15(22(28)26-17-10-8-16(25)9-11-17)32-23(29)20-14-19(12-13-21(20)24)33(30,31)27(2)18-6-4-3-5-7-18/h3-15H,1-2H3,(H,26,28). The Balaban J connectivity index is 1.77. The number of anilines is 2. The number of halogens is 2. The lowest BCUT2D eigenvalue weighted by Gasteiger charge is -2.20. The molecule has 1 unspecified atom stereocenters. The second kappa shape index (κ2) is 10.0. The number of ether oxygens (including phenoxy) is 1. The number of amides is 1. The number of rotatable bonds is 7. The van der Waals surface area contributed by atoms with E-state index in [0.29, 0.717) is 11.4 Å². The number of sulfonamides is 1. The van der Waals surface area contributed by atoms with Crippen LogP contribution in [0.4, 0.5) is 15.8 Å². The molecule has 0 heterocycles. The van der Waals surface area contributed by atoms with Gasteiger partial charge in [-0.1, -0.05) is 29.8 Å². The van der Waals surface area contributed by atoms with Crippen LogP contribution in [0.1, 0.15) is 17.3 Å². The number of carbonyl (C=O) groups is 2. The number of para-hydroxylation sites is 1. The molecule has 0 aliphatic rings. The number of benzene rings is 3. The Hall–Kier alpha value is -3.43. The Morgan fingerprint density at radius 3 is 2.30 bits per heavy atom. The minimum absolute atomic E-state index is 0.0348. The minimum atomic E-state index is -4.00. The Kier molecular flexibility index (Phi) is 7.35. The molecule has 0 aromatic heterocycles. The van der Waals surface area contributed by atoms with Crippen molar-refractivity contribution in [2.24, 2.45) is 0 Å². The molecule has 0 saturated carbocycles. The number of carbonyl (C=O) groups excluding carboxylic acids is 2. The van der Waals surface area contributed by atoms with Crippen molar-refractivity contribution in [1.29, 1.82) is 0 Å². The number of nitrogens with zero attached hydrogens (tertiary/aromatic N) is 1. The third kappa shape index (κ3) is 5.68. The van der Waals surface area contributed by atoms with Gasteiger partial charge >= 0.3 is 5.97 Å². The zero-order chi connectivity index (χ0) is 24.2. The normalized spacial score (nSPS) is 12.0. The largest absolute Gasteiger partial charge is 0.449 e. The summed E-state index contributed by atoms with van der Waals surface area (Å²) < 4.78 is 45.3. The summed E-state index contributed by atoms with van der Waals surface area (Å²) >= 11 is 6.10.